The second kappa shape index (κ2) is 5.52. The summed E-state index contributed by atoms with van der Waals surface area (Å²) in [4.78, 5) is 12.0. The summed E-state index contributed by atoms with van der Waals surface area (Å²) in [7, 11) is 1.67. The summed E-state index contributed by atoms with van der Waals surface area (Å²) < 4.78 is 7.13. The highest BCUT2D eigenvalue weighted by Crippen LogP contribution is 2.38. The molecule has 126 valence electrons. The van der Waals surface area contributed by atoms with Crippen molar-refractivity contribution in [1.29, 1.82) is 0 Å². The molecule has 5 nitrogen and oxygen atoms in total. The Hall–Kier alpha value is -2.47. The van der Waals surface area contributed by atoms with Gasteiger partial charge in [0.15, 0.2) is 11.5 Å². The average Bonchev–Trinajstić information content (AvgIpc) is 3.22. The Morgan fingerprint density at radius 1 is 1.32 bits per heavy atom. The maximum Gasteiger partial charge on any atom is 0.182 e. The molecule has 0 amide bonds. The number of benzene rings is 1. The highest BCUT2D eigenvalue weighted by atomic mass is 32.1. The minimum atomic E-state index is 0.706. The molecule has 3 aromatic heterocycles. The SMILES string of the molecule is COc1cccc(-c2nc3c4c5c(sc4ncn3n2)CCC(C)C5)c1. The molecule has 0 saturated carbocycles. The van der Waals surface area contributed by atoms with Crippen LogP contribution in [0.15, 0.2) is 30.6 Å². The third-order valence-electron chi connectivity index (χ3n) is 4.96. The van der Waals surface area contributed by atoms with E-state index >= 15 is 0 Å². The summed E-state index contributed by atoms with van der Waals surface area (Å²) in [6.07, 6.45) is 5.30. The molecule has 4 aromatic rings. The van der Waals surface area contributed by atoms with Gasteiger partial charge in [0, 0.05) is 10.4 Å². The molecule has 25 heavy (non-hydrogen) atoms. The zero-order valence-electron chi connectivity index (χ0n) is 14.2. The van der Waals surface area contributed by atoms with E-state index in [9.17, 15) is 0 Å². The van der Waals surface area contributed by atoms with Crippen LogP contribution in [0, 0.1) is 5.92 Å². The van der Waals surface area contributed by atoms with Crippen molar-refractivity contribution in [3.05, 3.63) is 41.0 Å². The summed E-state index contributed by atoms with van der Waals surface area (Å²) in [5.74, 6) is 2.23. The Morgan fingerprint density at radius 2 is 2.24 bits per heavy atom. The van der Waals surface area contributed by atoms with Gasteiger partial charge >= 0.3 is 0 Å². The Kier molecular flexibility index (Phi) is 3.28. The van der Waals surface area contributed by atoms with Crippen molar-refractivity contribution in [2.75, 3.05) is 7.11 Å². The quantitative estimate of drug-likeness (QED) is 0.545. The first-order chi connectivity index (χ1) is 12.2. The summed E-state index contributed by atoms with van der Waals surface area (Å²) in [5.41, 5.74) is 3.30. The van der Waals surface area contributed by atoms with Gasteiger partial charge in [-0.25, -0.2) is 14.5 Å². The van der Waals surface area contributed by atoms with Crippen LogP contribution in [0.4, 0.5) is 0 Å². The van der Waals surface area contributed by atoms with E-state index in [1.807, 2.05) is 40.1 Å². The van der Waals surface area contributed by atoms with Gasteiger partial charge in [-0.05, 0) is 42.9 Å². The van der Waals surface area contributed by atoms with Crippen LogP contribution in [0.1, 0.15) is 23.8 Å². The van der Waals surface area contributed by atoms with E-state index in [0.29, 0.717) is 11.7 Å². The average molecular weight is 350 g/mol. The van der Waals surface area contributed by atoms with Crippen molar-refractivity contribution >= 4 is 27.2 Å². The fraction of sp³-hybridized carbons (Fsp3) is 0.316. The number of aryl methyl sites for hydroxylation is 1. The second-order valence-electron chi connectivity index (χ2n) is 6.71. The molecule has 5 rings (SSSR count). The molecule has 6 heteroatoms. The first-order valence-corrected chi connectivity index (χ1v) is 9.34. The third-order valence-corrected chi connectivity index (χ3v) is 6.16. The van der Waals surface area contributed by atoms with Crippen molar-refractivity contribution in [2.24, 2.45) is 5.92 Å². The molecule has 1 aliphatic carbocycles. The highest BCUT2D eigenvalue weighted by Gasteiger charge is 2.23. The van der Waals surface area contributed by atoms with Crippen molar-refractivity contribution in [2.45, 2.75) is 26.2 Å². The molecule has 1 aromatic carbocycles. The number of hydrogen-bond donors (Lipinski definition) is 0. The van der Waals surface area contributed by atoms with Crippen LogP contribution in [-0.2, 0) is 12.8 Å². The molecule has 1 atom stereocenters. The standard InChI is InChI=1S/C19H18N4OS/c1-11-6-7-15-14(8-11)16-18-21-17(12-4-3-5-13(9-12)24-2)22-23(18)10-20-19(16)25-15/h3-5,9-11H,6-8H2,1-2H3. The molecule has 0 radical (unpaired) electrons. The summed E-state index contributed by atoms with van der Waals surface area (Å²) in [6, 6.07) is 7.86. The molecule has 0 N–H and O–H groups in total. The lowest BCUT2D eigenvalue weighted by molar-refractivity contribution is 0.415. The smallest absolute Gasteiger partial charge is 0.182 e. The van der Waals surface area contributed by atoms with E-state index in [1.165, 1.54) is 22.2 Å². The first kappa shape index (κ1) is 14.8. The molecule has 0 aliphatic heterocycles. The largest absolute Gasteiger partial charge is 0.497 e. The van der Waals surface area contributed by atoms with Crippen LogP contribution in [-0.4, -0.2) is 26.7 Å². The Morgan fingerprint density at radius 3 is 3.12 bits per heavy atom. The zero-order valence-corrected chi connectivity index (χ0v) is 15.0. The number of fused-ring (bicyclic) bond motifs is 5. The fourth-order valence-corrected chi connectivity index (χ4v) is 4.81. The predicted octanol–water partition coefficient (Wildman–Crippen LogP) is 4.14. The number of thiophene rings is 1. The molecule has 0 fully saturated rings. The van der Waals surface area contributed by atoms with Gasteiger partial charge in [0.1, 0.15) is 16.9 Å². The lowest BCUT2D eigenvalue weighted by Gasteiger charge is -2.17. The predicted molar refractivity (Wildman–Crippen MR) is 99.3 cm³/mol. The number of rotatable bonds is 2. The minimum absolute atomic E-state index is 0.706. The Labute approximate surface area is 149 Å². The van der Waals surface area contributed by atoms with Crippen LogP contribution in [0.5, 0.6) is 5.75 Å². The first-order valence-electron chi connectivity index (χ1n) is 8.53. The number of nitrogens with zero attached hydrogens (tertiary/aromatic N) is 4. The number of methoxy groups -OCH3 is 1. The molecule has 0 bridgehead atoms. The number of hydrogen-bond acceptors (Lipinski definition) is 5. The van der Waals surface area contributed by atoms with Gasteiger partial charge in [0.05, 0.1) is 12.5 Å². The Bertz CT molecular complexity index is 1100. The summed E-state index contributed by atoms with van der Waals surface area (Å²) in [5, 5.41) is 5.84. The van der Waals surface area contributed by atoms with Gasteiger partial charge in [-0.2, -0.15) is 0 Å². The zero-order chi connectivity index (χ0) is 17.0. The fourth-order valence-electron chi connectivity index (χ4n) is 3.63. The van der Waals surface area contributed by atoms with Gasteiger partial charge in [0.2, 0.25) is 0 Å². The van der Waals surface area contributed by atoms with E-state index in [-0.39, 0.29) is 0 Å². The van der Waals surface area contributed by atoms with Crippen molar-refractivity contribution in [1.82, 2.24) is 19.6 Å². The van der Waals surface area contributed by atoms with E-state index in [4.69, 9.17) is 9.72 Å². The number of aromatic nitrogens is 4. The molecular formula is C19H18N4OS. The summed E-state index contributed by atoms with van der Waals surface area (Å²) >= 11 is 1.82. The van der Waals surface area contributed by atoms with Crippen LogP contribution in [0.25, 0.3) is 27.3 Å². The van der Waals surface area contributed by atoms with Gasteiger partial charge in [-0.15, -0.1) is 16.4 Å². The summed E-state index contributed by atoms with van der Waals surface area (Å²) in [6.45, 7) is 2.32. The third kappa shape index (κ3) is 2.32. The molecular weight excluding hydrogens is 332 g/mol. The molecule has 0 spiro atoms. The highest BCUT2D eigenvalue weighted by molar-refractivity contribution is 7.19. The van der Waals surface area contributed by atoms with Gasteiger partial charge < -0.3 is 4.74 Å². The molecule has 3 heterocycles. The normalized spacial score (nSPS) is 17.1. The maximum absolute atomic E-state index is 5.32. The van der Waals surface area contributed by atoms with Gasteiger partial charge in [0.25, 0.3) is 0 Å². The minimum Gasteiger partial charge on any atom is -0.497 e. The van der Waals surface area contributed by atoms with Crippen molar-refractivity contribution in [3.8, 4) is 17.1 Å². The van der Waals surface area contributed by atoms with E-state index in [2.05, 4.69) is 17.0 Å². The lowest BCUT2D eigenvalue weighted by Crippen LogP contribution is -2.09. The number of ether oxygens (including phenoxy) is 1. The van der Waals surface area contributed by atoms with E-state index in [0.717, 1.165) is 34.6 Å². The second-order valence-corrected chi connectivity index (χ2v) is 7.80. The van der Waals surface area contributed by atoms with Crippen LogP contribution >= 0.6 is 11.3 Å². The monoisotopic (exact) mass is 350 g/mol. The van der Waals surface area contributed by atoms with Crippen LogP contribution < -0.4 is 4.74 Å². The van der Waals surface area contributed by atoms with Crippen LogP contribution in [0.2, 0.25) is 0 Å². The molecule has 0 saturated heterocycles. The van der Waals surface area contributed by atoms with Gasteiger partial charge in [-0.1, -0.05) is 19.1 Å². The van der Waals surface area contributed by atoms with Gasteiger partial charge in [-0.3, -0.25) is 0 Å². The van der Waals surface area contributed by atoms with Crippen molar-refractivity contribution in [3.63, 3.8) is 0 Å². The molecule has 1 unspecified atom stereocenters. The lowest BCUT2D eigenvalue weighted by atomic mass is 9.89. The van der Waals surface area contributed by atoms with Crippen LogP contribution in [0.3, 0.4) is 0 Å². The Balaban J connectivity index is 1.74. The topological polar surface area (TPSA) is 52.3 Å². The maximum atomic E-state index is 5.32. The van der Waals surface area contributed by atoms with E-state index < -0.39 is 0 Å². The van der Waals surface area contributed by atoms with Crippen molar-refractivity contribution < 1.29 is 4.74 Å². The molecule has 1 aliphatic rings. The van der Waals surface area contributed by atoms with E-state index in [1.54, 1.807) is 13.4 Å².